The number of hydrogen-bond acceptors (Lipinski definition) is 6. The van der Waals surface area contributed by atoms with Gasteiger partial charge < -0.3 is 19.7 Å². The highest BCUT2D eigenvalue weighted by Gasteiger charge is 2.22. The van der Waals surface area contributed by atoms with Gasteiger partial charge in [-0.05, 0) is 18.2 Å². The van der Waals surface area contributed by atoms with Crippen LogP contribution in [0.1, 0.15) is 22.2 Å². The molecule has 0 saturated heterocycles. The molecule has 0 saturated carbocycles. The third-order valence-corrected chi connectivity index (χ3v) is 3.29. The van der Waals surface area contributed by atoms with Crippen LogP contribution in [0, 0.1) is 10.1 Å². The Hall–Kier alpha value is -2.87. The predicted molar refractivity (Wildman–Crippen MR) is 83.4 cm³/mol. The minimum atomic E-state index is -0.730. The number of amides is 1. The summed E-state index contributed by atoms with van der Waals surface area (Å²) in [6, 6.07) is 6.59. The van der Waals surface area contributed by atoms with Crippen LogP contribution in [0.5, 0.6) is 0 Å². The number of aliphatic hydroxyl groups is 1. The van der Waals surface area contributed by atoms with E-state index in [1.54, 1.807) is 31.1 Å². The Morgan fingerprint density at radius 1 is 1.43 bits per heavy atom. The molecule has 0 fully saturated rings. The maximum Gasteiger partial charge on any atom is 0.270 e. The quantitative estimate of drug-likeness (QED) is 0.620. The number of nitro groups is 1. The second-order valence-corrected chi connectivity index (χ2v) is 5.08. The molecule has 0 radical (unpaired) electrons. The molecule has 0 aliphatic carbocycles. The van der Waals surface area contributed by atoms with E-state index in [9.17, 15) is 20.0 Å². The van der Waals surface area contributed by atoms with E-state index < -0.39 is 16.9 Å². The molecule has 0 aliphatic heterocycles. The molecule has 1 heterocycles. The first kappa shape index (κ1) is 16.5. The molecule has 1 amide bonds. The van der Waals surface area contributed by atoms with Gasteiger partial charge in [0, 0.05) is 31.9 Å². The smallest absolute Gasteiger partial charge is 0.270 e. The van der Waals surface area contributed by atoms with Crippen molar-refractivity contribution in [1.29, 1.82) is 0 Å². The van der Waals surface area contributed by atoms with Crippen LogP contribution in [0.4, 0.5) is 11.4 Å². The standard InChI is InChI=1S/C15H17N3O5/c1-17(2)13-6-5-10(18(21)22)8-11(13)15(20)16-12(9-19)14-4-3-7-23-14/h3-8,12,19H,9H2,1-2H3,(H,16,20). The molecule has 8 nitrogen and oxygen atoms in total. The van der Waals surface area contributed by atoms with Gasteiger partial charge >= 0.3 is 0 Å². The van der Waals surface area contributed by atoms with E-state index >= 15 is 0 Å². The van der Waals surface area contributed by atoms with Gasteiger partial charge in [-0.3, -0.25) is 14.9 Å². The fraction of sp³-hybridized carbons (Fsp3) is 0.267. The Balaban J connectivity index is 2.33. The van der Waals surface area contributed by atoms with Gasteiger partial charge in [-0.2, -0.15) is 0 Å². The maximum absolute atomic E-state index is 12.5. The summed E-state index contributed by atoms with van der Waals surface area (Å²) < 4.78 is 5.17. The lowest BCUT2D eigenvalue weighted by molar-refractivity contribution is -0.384. The van der Waals surface area contributed by atoms with Crippen molar-refractivity contribution in [2.45, 2.75) is 6.04 Å². The molecule has 2 rings (SSSR count). The zero-order chi connectivity index (χ0) is 17.0. The van der Waals surface area contributed by atoms with Gasteiger partial charge in [0.2, 0.25) is 0 Å². The first-order valence-corrected chi connectivity index (χ1v) is 6.85. The molecular formula is C15H17N3O5. The fourth-order valence-corrected chi connectivity index (χ4v) is 2.14. The Morgan fingerprint density at radius 3 is 2.70 bits per heavy atom. The van der Waals surface area contributed by atoms with Crippen molar-refractivity contribution >= 4 is 17.3 Å². The van der Waals surface area contributed by atoms with Gasteiger partial charge in [0.25, 0.3) is 11.6 Å². The van der Waals surface area contributed by atoms with E-state index in [1.165, 1.54) is 24.5 Å². The minimum absolute atomic E-state index is 0.147. The number of hydrogen-bond donors (Lipinski definition) is 2. The van der Waals surface area contributed by atoms with E-state index in [4.69, 9.17) is 4.42 Å². The number of aliphatic hydroxyl groups excluding tert-OH is 1. The normalized spacial score (nSPS) is 11.8. The summed E-state index contributed by atoms with van der Waals surface area (Å²) in [5.41, 5.74) is 0.498. The summed E-state index contributed by atoms with van der Waals surface area (Å²) >= 11 is 0. The SMILES string of the molecule is CN(C)c1ccc([N+](=O)[O-])cc1C(=O)NC(CO)c1ccco1. The van der Waals surface area contributed by atoms with Gasteiger partial charge in [0.15, 0.2) is 0 Å². The number of furan rings is 1. The van der Waals surface area contributed by atoms with Crippen molar-refractivity contribution in [3.63, 3.8) is 0 Å². The number of nitro benzene ring substituents is 1. The Labute approximate surface area is 132 Å². The molecule has 23 heavy (non-hydrogen) atoms. The van der Waals surface area contributed by atoms with E-state index in [1.807, 2.05) is 0 Å². The van der Waals surface area contributed by atoms with Crippen LogP contribution in [-0.2, 0) is 0 Å². The Kier molecular flexibility index (Phi) is 4.97. The molecule has 1 aromatic heterocycles. The number of nitrogens with zero attached hydrogens (tertiary/aromatic N) is 2. The number of carbonyl (C=O) groups is 1. The van der Waals surface area contributed by atoms with E-state index in [2.05, 4.69) is 5.32 Å². The fourth-order valence-electron chi connectivity index (χ4n) is 2.14. The molecule has 1 unspecified atom stereocenters. The number of carbonyl (C=O) groups excluding carboxylic acids is 1. The lowest BCUT2D eigenvalue weighted by Gasteiger charge is -2.19. The largest absolute Gasteiger partial charge is 0.467 e. The second kappa shape index (κ2) is 6.93. The maximum atomic E-state index is 12.5. The third-order valence-electron chi connectivity index (χ3n) is 3.29. The molecular weight excluding hydrogens is 302 g/mol. The molecule has 1 atom stereocenters. The van der Waals surface area contributed by atoms with Crippen LogP contribution in [-0.4, -0.2) is 36.6 Å². The van der Waals surface area contributed by atoms with Crippen LogP contribution in [0.2, 0.25) is 0 Å². The highest BCUT2D eigenvalue weighted by molar-refractivity contribution is 6.00. The van der Waals surface area contributed by atoms with Crippen molar-refractivity contribution in [3.8, 4) is 0 Å². The lowest BCUT2D eigenvalue weighted by Crippen LogP contribution is -2.31. The molecule has 122 valence electrons. The number of benzene rings is 1. The second-order valence-electron chi connectivity index (χ2n) is 5.08. The highest BCUT2D eigenvalue weighted by atomic mass is 16.6. The monoisotopic (exact) mass is 319 g/mol. The summed E-state index contributed by atoms with van der Waals surface area (Å²) in [4.78, 5) is 24.5. The number of nitrogens with one attached hydrogen (secondary N) is 1. The van der Waals surface area contributed by atoms with Gasteiger partial charge in [0.05, 0.1) is 23.4 Å². The Bertz CT molecular complexity index is 697. The molecule has 2 N–H and O–H groups in total. The van der Waals surface area contributed by atoms with Gasteiger partial charge in [-0.25, -0.2) is 0 Å². The van der Waals surface area contributed by atoms with Gasteiger partial charge in [0.1, 0.15) is 11.8 Å². The van der Waals surface area contributed by atoms with E-state index in [-0.39, 0.29) is 17.9 Å². The molecule has 0 bridgehead atoms. The lowest BCUT2D eigenvalue weighted by atomic mass is 10.1. The van der Waals surface area contributed by atoms with Crippen molar-refractivity contribution in [1.82, 2.24) is 5.32 Å². The summed E-state index contributed by atoms with van der Waals surface area (Å²) in [7, 11) is 3.46. The molecule has 0 aliphatic rings. The first-order valence-electron chi connectivity index (χ1n) is 6.85. The predicted octanol–water partition coefficient (Wildman–Crippen LogP) is 1.72. The van der Waals surface area contributed by atoms with Crippen LogP contribution >= 0.6 is 0 Å². The number of rotatable bonds is 6. The summed E-state index contributed by atoms with van der Waals surface area (Å²) in [5, 5.41) is 23.0. The first-order chi connectivity index (χ1) is 10.9. The third kappa shape index (κ3) is 3.67. The van der Waals surface area contributed by atoms with Crippen molar-refractivity contribution in [3.05, 3.63) is 58.0 Å². The van der Waals surface area contributed by atoms with Crippen molar-refractivity contribution < 1.29 is 19.2 Å². The van der Waals surface area contributed by atoms with E-state index in [0.717, 1.165) is 0 Å². The van der Waals surface area contributed by atoms with Crippen LogP contribution in [0.15, 0.2) is 41.0 Å². The van der Waals surface area contributed by atoms with Gasteiger partial charge in [-0.15, -0.1) is 0 Å². The van der Waals surface area contributed by atoms with Crippen molar-refractivity contribution in [2.24, 2.45) is 0 Å². The van der Waals surface area contributed by atoms with E-state index in [0.29, 0.717) is 11.4 Å². The highest BCUT2D eigenvalue weighted by Crippen LogP contribution is 2.25. The Morgan fingerprint density at radius 2 is 2.17 bits per heavy atom. The average Bonchev–Trinajstić information content (AvgIpc) is 3.05. The number of anilines is 1. The minimum Gasteiger partial charge on any atom is -0.467 e. The zero-order valence-corrected chi connectivity index (χ0v) is 12.7. The van der Waals surface area contributed by atoms with Crippen LogP contribution < -0.4 is 10.2 Å². The van der Waals surface area contributed by atoms with Crippen molar-refractivity contribution in [2.75, 3.05) is 25.6 Å². The average molecular weight is 319 g/mol. The van der Waals surface area contributed by atoms with Gasteiger partial charge in [-0.1, -0.05) is 0 Å². The summed E-state index contributed by atoms with van der Waals surface area (Å²) in [6.45, 7) is -0.356. The molecule has 2 aromatic rings. The molecule has 1 aromatic carbocycles. The summed E-state index contributed by atoms with van der Waals surface area (Å²) in [5.74, 6) is -0.134. The summed E-state index contributed by atoms with van der Waals surface area (Å²) in [6.07, 6.45) is 1.43. The zero-order valence-electron chi connectivity index (χ0n) is 12.7. The molecule has 0 spiro atoms. The van der Waals surface area contributed by atoms with Crippen LogP contribution in [0.25, 0.3) is 0 Å². The van der Waals surface area contributed by atoms with Crippen LogP contribution in [0.3, 0.4) is 0 Å². The number of non-ortho nitro benzene ring substituents is 1. The molecule has 8 heteroatoms. The topological polar surface area (TPSA) is 109 Å².